The number of hydrogen-bond donors (Lipinski definition) is 0. The number of benzene rings is 4. The summed E-state index contributed by atoms with van der Waals surface area (Å²) < 4.78 is 10.0. The predicted molar refractivity (Wildman–Crippen MR) is 140 cm³/mol. The van der Waals surface area contributed by atoms with Crippen LogP contribution in [0, 0.1) is 0 Å². The zero-order chi connectivity index (χ0) is 23.3. The third-order valence-electron chi connectivity index (χ3n) is 5.99. The molecule has 0 aliphatic rings. The monoisotopic (exact) mass is 514 g/mol. The third kappa shape index (κ3) is 4.41. The number of halogens is 1. The zero-order valence-corrected chi connectivity index (χ0v) is 21.5. The van der Waals surface area contributed by atoms with Crippen molar-refractivity contribution in [1.29, 1.82) is 0 Å². The molecule has 2 nitrogen and oxygen atoms in total. The molecular formula is C29H25ClGeO2. The van der Waals surface area contributed by atoms with Crippen LogP contribution in [0.4, 0.5) is 0 Å². The van der Waals surface area contributed by atoms with Gasteiger partial charge in [-0.2, -0.15) is 0 Å². The van der Waals surface area contributed by atoms with Crippen molar-refractivity contribution in [1.82, 2.24) is 0 Å². The van der Waals surface area contributed by atoms with Gasteiger partial charge in [-0.3, -0.25) is 0 Å². The topological polar surface area (TPSA) is 26.3 Å². The van der Waals surface area contributed by atoms with E-state index in [1.54, 1.807) is 0 Å². The molecule has 0 saturated heterocycles. The second kappa shape index (κ2) is 10.2. The molecule has 0 heterocycles. The van der Waals surface area contributed by atoms with Crippen LogP contribution in [0.15, 0.2) is 121 Å². The molecule has 0 N–H and O–H groups in total. The minimum atomic E-state index is -3.67. The molecule has 4 heteroatoms. The van der Waals surface area contributed by atoms with Gasteiger partial charge in [0.05, 0.1) is 0 Å². The maximum atomic E-state index is 13.1. The van der Waals surface area contributed by atoms with E-state index in [-0.39, 0.29) is 5.97 Å². The standard InChI is InChI=1S/C29H25ClGeO2/c1-22(29(32)33-2)28(23-18-20-24(30)21-19-23)31(25-12-6-3-7-13-25,26-14-8-4-9-15-26)27-16-10-5-11-17-27/h3-21H,1-2H3/b28-22-. The molecule has 4 rings (SSSR count). The number of methoxy groups -OCH3 is 1. The maximum absolute atomic E-state index is 13.1. The molecule has 0 aromatic heterocycles. The molecule has 0 saturated carbocycles. The van der Waals surface area contributed by atoms with E-state index in [1.165, 1.54) is 20.3 Å². The molecule has 0 amide bonds. The van der Waals surface area contributed by atoms with Crippen molar-refractivity contribution in [2.45, 2.75) is 6.92 Å². The molecule has 0 aliphatic heterocycles. The summed E-state index contributed by atoms with van der Waals surface area (Å²) in [6.07, 6.45) is 0. The van der Waals surface area contributed by atoms with E-state index in [1.807, 2.05) is 49.4 Å². The molecule has 0 bridgehead atoms. The van der Waals surface area contributed by atoms with Crippen LogP contribution in [0.25, 0.3) is 4.41 Å². The summed E-state index contributed by atoms with van der Waals surface area (Å²) in [5, 5.41) is 0.658. The van der Waals surface area contributed by atoms with Crippen LogP contribution >= 0.6 is 11.6 Å². The second-order valence-electron chi connectivity index (χ2n) is 7.85. The number of carbonyl (C=O) groups is 1. The molecule has 164 valence electrons. The molecule has 0 spiro atoms. The predicted octanol–water partition coefficient (Wildman–Crippen LogP) is 5.00. The quantitative estimate of drug-likeness (QED) is 0.206. The van der Waals surface area contributed by atoms with Gasteiger partial charge in [-0.15, -0.1) is 0 Å². The van der Waals surface area contributed by atoms with Crippen LogP contribution < -0.4 is 13.2 Å². The van der Waals surface area contributed by atoms with Gasteiger partial charge in [-0.1, -0.05) is 0 Å². The third-order valence-corrected chi connectivity index (χ3v) is 16.8. The summed E-state index contributed by atoms with van der Waals surface area (Å²) in [5.41, 5.74) is 1.61. The molecule has 0 fully saturated rings. The Hall–Kier alpha value is -3.08. The summed E-state index contributed by atoms with van der Waals surface area (Å²) in [6, 6.07) is 39.5. The molecule has 0 aliphatic carbocycles. The van der Waals surface area contributed by atoms with Gasteiger partial charge in [-0.05, 0) is 0 Å². The Morgan fingerprint density at radius 2 is 1.06 bits per heavy atom. The van der Waals surface area contributed by atoms with Crippen molar-refractivity contribution < 1.29 is 9.53 Å². The summed E-state index contributed by atoms with van der Waals surface area (Å²) in [4.78, 5) is 13.1. The van der Waals surface area contributed by atoms with Gasteiger partial charge < -0.3 is 0 Å². The summed E-state index contributed by atoms with van der Waals surface area (Å²) in [7, 11) is 1.44. The van der Waals surface area contributed by atoms with E-state index in [0.717, 1.165) is 9.97 Å². The van der Waals surface area contributed by atoms with Crippen LogP contribution in [0.5, 0.6) is 0 Å². The Morgan fingerprint density at radius 3 is 1.42 bits per heavy atom. The van der Waals surface area contributed by atoms with E-state index < -0.39 is 13.3 Å². The van der Waals surface area contributed by atoms with Crippen LogP contribution in [-0.2, 0) is 9.53 Å². The molecule has 0 unspecified atom stereocenters. The van der Waals surface area contributed by atoms with Gasteiger partial charge in [0.25, 0.3) is 0 Å². The first-order valence-electron chi connectivity index (χ1n) is 10.8. The normalized spacial score (nSPS) is 12.1. The minimum absolute atomic E-state index is 0.322. The van der Waals surface area contributed by atoms with Crippen molar-refractivity contribution in [2.24, 2.45) is 0 Å². The van der Waals surface area contributed by atoms with Crippen molar-refractivity contribution in [3.63, 3.8) is 0 Å². The number of ether oxygens (including phenoxy) is 1. The number of hydrogen-bond acceptors (Lipinski definition) is 2. The average Bonchev–Trinajstić information content (AvgIpc) is 2.88. The van der Waals surface area contributed by atoms with Crippen LogP contribution in [0.2, 0.25) is 5.02 Å². The van der Waals surface area contributed by atoms with Gasteiger partial charge in [0.15, 0.2) is 0 Å². The Kier molecular flexibility index (Phi) is 7.17. The molecule has 33 heavy (non-hydrogen) atoms. The fourth-order valence-corrected chi connectivity index (χ4v) is 15.6. The zero-order valence-electron chi connectivity index (χ0n) is 18.7. The van der Waals surface area contributed by atoms with Gasteiger partial charge >= 0.3 is 203 Å². The Morgan fingerprint density at radius 1 is 0.667 bits per heavy atom. The van der Waals surface area contributed by atoms with E-state index in [9.17, 15) is 4.79 Å². The Balaban J connectivity index is 2.23. The van der Waals surface area contributed by atoms with Crippen LogP contribution in [-0.4, -0.2) is 26.3 Å². The first-order valence-corrected chi connectivity index (χ1v) is 15.4. The van der Waals surface area contributed by atoms with Crippen molar-refractivity contribution >= 4 is 48.4 Å². The molecule has 4 aromatic carbocycles. The second-order valence-corrected chi connectivity index (χ2v) is 16.1. The average molecular weight is 514 g/mol. The Labute approximate surface area is 202 Å². The van der Waals surface area contributed by atoms with Gasteiger partial charge in [-0.25, -0.2) is 0 Å². The molecule has 0 radical (unpaired) electrons. The number of carbonyl (C=O) groups excluding carboxylic acids is 1. The van der Waals surface area contributed by atoms with Gasteiger partial charge in [0.1, 0.15) is 0 Å². The van der Waals surface area contributed by atoms with Gasteiger partial charge in [0, 0.05) is 0 Å². The van der Waals surface area contributed by atoms with Crippen LogP contribution in [0.3, 0.4) is 0 Å². The summed E-state index contributed by atoms with van der Waals surface area (Å²) in [6.45, 7) is 1.88. The van der Waals surface area contributed by atoms with E-state index >= 15 is 0 Å². The molecule has 4 aromatic rings. The van der Waals surface area contributed by atoms with Crippen molar-refractivity contribution in [3.05, 3.63) is 131 Å². The van der Waals surface area contributed by atoms with Crippen molar-refractivity contribution in [3.8, 4) is 0 Å². The first kappa shape index (κ1) is 23.1. The van der Waals surface area contributed by atoms with E-state index in [0.29, 0.717) is 10.6 Å². The van der Waals surface area contributed by atoms with Crippen molar-refractivity contribution in [2.75, 3.05) is 7.11 Å². The first-order chi connectivity index (χ1) is 16.1. The number of rotatable bonds is 6. The fourth-order valence-electron chi connectivity index (χ4n) is 4.58. The number of esters is 1. The molecular weight excluding hydrogens is 488 g/mol. The van der Waals surface area contributed by atoms with Gasteiger partial charge in [0.2, 0.25) is 0 Å². The summed E-state index contributed by atoms with van der Waals surface area (Å²) in [5.74, 6) is -0.322. The molecule has 0 atom stereocenters. The Bertz CT molecular complexity index is 1150. The van der Waals surface area contributed by atoms with E-state index in [2.05, 4.69) is 72.8 Å². The summed E-state index contributed by atoms with van der Waals surface area (Å²) >= 11 is 2.59. The van der Waals surface area contributed by atoms with E-state index in [4.69, 9.17) is 16.3 Å². The SMILES string of the molecule is COC(=O)/C(C)=[C](/c1ccc(Cl)cc1)[Ge]([c]1ccccc1)([c]1ccccc1)[c]1ccccc1. The van der Waals surface area contributed by atoms with Crippen LogP contribution in [0.1, 0.15) is 12.5 Å². The fraction of sp³-hybridized carbons (Fsp3) is 0.0690.